The van der Waals surface area contributed by atoms with Crippen LogP contribution >= 0.6 is 0 Å². The molecular weight excluding hydrogens is 212 g/mol. The molecule has 3 nitrogen and oxygen atoms in total. The summed E-state index contributed by atoms with van der Waals surface area (Å²) in [5, 5.41) is 21.8. The van der Waals surface area contributed by atoms with Crippen molar-refractivity contribution >= 4 is 0 Å². The van der Waals surface area contributed by atoms with Crippen molar-refractivity contribution in [2.75, 3.05) is 0 Å². The molecule has 0 spiro atoms. The van der Waals surface area contributed by atoms with Gasteiger partial charge in [0, 0.05) is 18.0 Å². The van der Waals surface area contributed by atoms with E-state index >= 15 is 0 Å². The van der Waals surface area contributed by atoms with Gasteiger partial charge < -0.3 is 10.4 Å². The van der Waals surface area contributed by atoms with Gasteiger partial charge in [-0.05, 0) is 43.9 Å². The van der Waals surface area contributed by atoms with E-state index in [1.807, 2.05) is 12.1 Å². The van der Waals surface area contributed by atoms with E-state index in [0.29, 0.717) is 11.8 Å². The third kappa shape index (κ3) is 2.98. The molecular formula is C14H18N2O. The summed E-state index contributed by atoms with van der Waals surface area (Å²) >= 11 is 0. The monoisotopic (exact) mass is 230 g/mol. The van der Waals surface area contributed by atoms with E-state index in [4.69, 9.17) is 5.26 Å². The maximum absolute atomic E-state index is 9.43. The van der Waals surface area contributed by atoms with Crippen molar-refractivity contribution in [3.8, 4) is 11.8 Å². The molecule has 1 fully saturated rings. The van der Waals surface area contributed by atoms with E-state index in [1.54, 1.807) is 12.1 Å². The maximum Gasteiger partial charge on any atom is 0.115 e. The smallest absolute Gasteiger partial charge is 0.115 e. The van der Waals surface area contributed by atoms with Gasteiger partial charge in [-0.3, -0.25) is 0 Å². The predicted molar refractivity (Wildman–Crippen MR) is 66.4 cm³/mol. The Kier molecular flexibility index (Phi) is 3.65. The number of rotatable bonds is 3. The van der Waals surface area contributed by atoms with Crippen LogP contribution in [0.5, 0.6) is 5.75 Å². The van der Waals surface area contributed by atoms with Crippen molar-refractivity contribution in [1.29, 1.82) is 5.26 Å². The highest BCUT2D eigenvalue weighted by atomic mass is 16.3. The van der Waals surface area contributed by atoms with E-state index in [2.05, 4.69) is 18.3 Å². The average molecular weight is 230 g/mol. The number of benzene rings is 1. The second kappa shape index (κ2) is 5.20. The van der Waals surface area contributed by atoms with Gasteiger partial charge in [0.25, 0.3) is 0 Å². The Labute approximate surface area is 102 Å². The van der Waals surface area contributed by atoms with Gasteiger partial charge >= 0.3 is 0 Å². The third-order valence-corrected chi connectivity index (χ3v) is 3.47. The number of hydrogen-bond donors (Lipinski definition) is 2. The molecule has 0 saturated heterocycles. The lowest BCUT2D eigenvalue weighted by atomic mass is 10.1. The van der Waals surface area contributed by atoms with E-state index in [-0.39, 0.29) is 12.0 Å². The van der Waals surface area contributed by atoms with Crippen LogP contribution in [-0.2, 0) is 0 Å². The predicted octanol–water partition coefficient (Wildman–Crippen LogP) is 2.74. The first kappa shape index (κ1) is 11.9. The van der Waals surface area contributed by atoms with Gasteiger partial charge in [-0.25, -0.2) is 0 Å². The van der Waals surface area contributed by atoms with Crippen molar-refractivity contribution in [2.45, 2.75) is 38.3 Å². The van der Waals surface area contributed by atoms with Crippen LogP contribution in [0.25, 0.3) is 0 Å². The molecule has 17 heavy (non-hydrogen) atoms. The molecule has 3 atom stereocenters. The van der Waals surface area contributed by atoms with Gasteiger partial charge in [0.05, 0.1) is 6.07 Å². The van der Waals surface area contributed by atoms with Gasteiger partial charge in [-0.2, -0.15) is 5.26 Å². The van der Waals surface area contributed by atoms with Crippen LogP contribution in [-0.4, -0.2) is 11.1 Å². The minimum atomic E-state index is 0.212. The van der Waals surface area contributed by atoms with Crippen LogP contribution in [0.3, 0.4) is 0 Å². The third-order valence-electron chi connectivity index (χ3n) is 3.47. The number of hydrogen-bond acceptors (Lipinski definition) is 3. The average Bonchev–Trinajstić information content (AvgIpc) is 2.77. The minimum Gasteiger partial charge on any atom is -0.508 e. The summed E-state index contributed by atoms with van der Waals surface area (Å²) in [6.07, 6.45) is 3.02. The van der Waals surface area contributed by atoms with Crippen molar-refractivity contribution in [1.82, 2.24) is 5.32 Å². The molecule has 0 bridgehead atoms. The quantitative estimate of drug-likeness (QED) is 0.839. The number of nitrogens with one attached hydrogen (secondary N) is 1. The molecule has 0 heterocycles. The molecule has 3 heteroatoms. The summed E-state index contributed by atoms with van der Waals surface area (Å²) < 4.78 is 0. The van der Waals surface area contributed by atoms with Crippen molar-refractivity contribution < 1.29 is 5.11 Å². The number of nitriles is 1. The summed E-state index contributed by atoms with van der Waals surface area (Å²) in [6, 6.07) is 10.3. The highest BCUT2D eigenvalue weighted by Gasteiger charge is 2.25. The molecule has 1 aliphatic rings. The van der Waals surface area contributed by atoms with Crippen LogP contribution in [0.2, 0.25) is 0 Å². The van der Waals surface area contributed by atoms with E-state index in [0.717, 1.165) is 24.8 Å². The van der Waals surface area contributed by atoms with Gasteiger partial charge in [-0.1, -0.05) is 12.1 Å². The SMILES string of the molecule is C[C@H](N[C@@H]1CC[C@H](C#N)C1)c1cccc(O)c1. The summed E-state index contributed by atoms with van der Waals surface area (Å²) in [5.41, 5.74) is 1.09. The first-order chi connectivity index (χ1) is 8.19. The van der Waals surface area contributed by atoms with Crippen LogP contribution in [0, 0.1) is 17.2 Å². The summed E-state index contributed by atoms with van der Waals surface area (Å²) in [7, 11) is 0. The molecule has 1 aromatic rings. The van der Waals surface area contributed by atoms with E-state index in [9.17, 15) is 5.11 Å². The van der Waals surface area contributed by atoms with Crippen molar-refractivity contribution in [3.63, 3.8) is 0 Å². The first-order valence-electron chi connectivity index (χ1n) is 6.13. The van der Waals surface area contributed by atoms with Crippen LogP contribution in [0.15, 0.2) is 24.3 Å². The molecule has 1 aliphatic carbocycles. The summed E-state index contributed by atoms with van der Waals surface area (Å²) in [4.78, 5) is 0. The van der Waals surface area contributed by atoms with Gasteiger partial charge in [0.15, 0.2) is 0 Å². The Hall–Kier alpha value is -1.53. The van der Waals surface area contributed by atoms with Gasteiger partial charge in [-0.15, -0.1) is 0 Å². The molecule has 0 aliphatic heterocycles. The largest absolute Gasteiger partial charge is 0.508 e. The Bertz CT molecular complexity index is 424. The van der Waals surface area contributed by atoms with Crippen molar-refractivity contribution in [2.24, 2.45) is 5.92 Å². The van der Waals surface area contributed by atoms with Crippen molar-refractivity contribution in [3.05, 3.63) is 29.8 Å². The fourth-order valence-electron chi connectivity index (χ4n) is 2.49. The summed E-state index contributed by atoms with van der Waals surface area (Å²) in [5.74, 6) is 0.515. The second-order valence-corrected chi connectivity index (χ2v) is 4.82. The highest BCUT2D eigenvalue weighted by molar-refractivity contribution is 5.29. The normalized spacial score (nSPS) is 25.4. The fourth-order valence-corrected chi connectivity index (χ4v) is 2.49. The zero-order valence-electron chi connectivity index (χ0n) is 10.1. The summed E-state index contributed by atoms with van der Waals surface area (Å²) in [6.45, 7) is 2.09. The second-order valence-electron chi connectivity index (χ2n) is 4.82. The Morgan fingerprint density at radius 2 is 2.29 bits per heavy atom. The van der Waals surface area contributed by atoms with E-state index < -0.39 is 0 Å². The number of phenols is 1. The number of aromatic hydroxyl groups is 1. The van der Waals surface area contributed by atoms with E-state index in [1.165, 1.54) is 0 Å². The zero-order chi connectivity index (χ0) is 12.3. The lowest BCUT2D eigenvalue weighted by molar-refractivity contribution is 0.448. The molecule has 0 unspecified atom stereocenters. The Balaban J connectivity index is 1.94. The molecule has 1 saturated carbocycles. The van der Waals surface area contributed by atoms with Crippen LogP contribution in [0.4, 0.5) is 0 Å². The standard InChI is InChI=1S/C14H18N2O/c1-10(12-3-2-4-14(17)8-12)16-13-6-5-11(7-13)9-15/h2-4,8,10-11,13,16-17H,5-7H2,1H3/t10-,11-,13+/m0/s1. The van der Waals surface area contributed by atoms with Gasteiger partial charge in [0.1, 0.15) is 5.75 Å². The van der Waals surface area contributed by atoms with Gasteiger partial charge in [0.2, 0.25) is 0 Å². The fraction of sp³-hybridized carbons (Fsp3) is 0.500. The molecule has 0 aromatic heterocycles. The molecule has 0 amide bonds. The molecule has 1 aromatic carbocycles. The molecule has 90 valence electrons. The van der Waals surface area contributed by atoms with Crippen LogP contribution in [0.1, 0.15) is 37.8 Å². The topological polar surface area (TPSA) is 56.0 Å². The Morgan fingerprint density at radius 1 is 1.47 bits per heavy atom. The first-order valence-corrected chi connectivity index (χ1v) is 6.13. The zero-order valence-corrected chi connectivity index (χ0v) is 10.1. The minimum absolute atomic E-state index is 0.212. The lowest BCUT2D eigenvalue weighted by Crippen LogP contribution is -2.29. The highest BCUT2D eigenvalue weighted by Crippen LogP contribution is 2.27. The van der Waals surface area contributed by atoms with Crippen LogP contribution < -0.4 is 5.32 Å². The number of nitrogens with zero attached hydrogens (tertiary/aromatic N) is 1. The lowest BCUT2D eigenvalue weighted by Gasteiger charge is -2.19. The molecule has 2 N–H and O–H groups in total. The maximum atomic E-state index is 9.43. The number of phenolic OH excluding ortho intramolecular Hbond substituents is 1. The Morgan fingerprint density at radius 3 is 2.94 bits per heavy atom. The molecule has 2 rings (SSSR count). The molecule has 0 radical (unpaired) electrons.